The van der Waals surface area contributed by atoms with E-state index in [1.54, 1.807) is 0 Å². The van der Waals surface area contributed by atoms with Crippen LogP contribution in [0, 0.1) is 0 Å². The normalized spacial score (nSPS) is 17.2. The number of hydrogen-bond donors (Lipinski definition) is 1. The van der Waals surface area contributed by atoms with Gasteiger partial charge in [-0.05, 0) is 55.0 Å². The van der Waals surface area contributed by atoms with Gasteiger partial charge in [0.25, 0.3) is 0 Å². The van der Waals surface area contributed by atoms with Crippen molar-refractivity contribution in [1.82, 2.24) is 9.88 Å². The molecule has 4 aromatic rings. The van der Waals surface area contributed by atoms with Crippen molar-refractivity contribution >= 4 is 10.9 Å². The maximum Gasteiger partial charge on any atom is 0.0497 e. The molecule has 0 radical (unpaired) electrons. The number of benzene rings is 3. The number of aromatic nitrogens is 1. The first-order chi connectivity index (χ1) is 14.4. The molecule has 29 heavy (non-hydrogen) atoms. The van der Waals surface area contributed by atoms with Crippen molar-refractivity contribution in [3.05, 3.63) is 96.1 Å². The molecule has 0 saturated carbocycles. The van der Waals surface area contributed by atoms with Crippen molar-refractivity contribution in [2.24, 2.45) is 0 Å². The predicted octanol–water partition coefficient (Wildman–Crippen LogP) is 6.08. The highest BCUT2D eigenvalue weighted by molar-refractivity contribution is 5.90. The Kier molecular flexibility index (Phi) is 5.19. The van der Waals surface area contributed by atoms with Crippen molar-refractivity contribution in [2.45, 2.75) is 31.7 Å². The lowest BCUT2D eigenvalue weighted by molar-refractivity contribution is 0.256. The summed E-state index contributed by atoms with van der Waals surface area (Å²) in [6, 6.07) is 31.1. The van der Waals surface area contributed by atoms with Crippen LogP contribution in [-0.4, -0.2) is 29.0 Å². The second-order valence-electron chi connectivity index (χ2n) is 8.16. The van der Waals surface area contributed by atoms with Crippen LogP contribution in [-0.2, 0) is 12.8 Å². The first-order valence-electron chi connectivity index (χ1n) is 10.8. The maximum absolute atomic E-state index is 3.71. The minimum Gasteiger partial charge on any atom is -0.354 e. The Bertz CT molecular complexity index is 1070. The minimum atomic E-state index is 0.625. The lowest BCUT2D eigenvalue weighted by Gasteiger charge is -2.25. The van der Waals surface area contributed by atoms with Crippen molar-refractivity contribution in [1.29, 1.82) is 0 Å². The van der Waals surface area contributed by atoms with Gasteiger partial charge in [-0.2, -0.15) is 0 Å². The molecule has 2 heteroatoms. The zero-order valence-electron chi connectivity index (χ0n) is 16.9. The number of nitrogens with zero attached hydrogens (tertiary/aromatic N) is 1. The first-order valence-corrected chi connectivity index (χ1v) is 10.8. The van der Waals surface area contributed by atoms with E-state index in [0.717, 1.165) is 19.4 Å². The Morgan fingerprint density at radius 3 is 2.38 bits per heavy atom. The zero-order chi connectivity index (χ0) is 19.5. The third-order valence-electron chi connectivity index (χ3n) is 6.35. The SMILES string of the molecule is c1ccc(CCN2CCCC2Cc2c(-c3ccccc3)[nH]c3ccccc23)cc1. The Labute approximate surface area is 173 Å². The van der Waals surface area contributed by atoms with Gasteiger partial charge in [0.05, 0.1) is 0 Å². The molecule has 1 N–H and O–H groups in total. The van der Waals surface area contributed by atoms with Gasteiger partial charge in [-0.3, -0.25) is 4.90 Å². The highest BCUT2D eigenvalue weighted by atomic mass is 15.2. The molecule has 2 nitrogen and oxygen atoms in total. The molecule has 1 aliphatic rings. The molecule has 0 spiro atoms. The smallest absolute Gasteiger partial charge is 0.0497 e. The van der Waals surface area contributed by atoms with E-state index in [4.69, 9.17) is 0 Å². The minimum absolute atomic E-state index is 0.625. The second kappa shape index (κ2) is 8.26. The van der Waals surface area contributed by atoms with Crippen LogP contribution in [0.1, 0.15) is 24.0 Å². The third kappa shape index (κ3) is 3.86. The van der Waals surface area contributed by atoms with Crippen LogP contribution in [0.2, 0.25) is 0 Å². The molecule has 146 valence electrons. The molecule has 0 aliphatic carbocycles. The zero-order valence-corrected chi connectivity index (χ0v) is 16.9. The first kappa shape index (κ1) is 18.2. The molecule has 1 fully saturated rings. The largest absolute Gasteiger partial charge is 0.354 e. The molecule has 1 atom stereocenters. The molecule has 2 heterocycles. The van der Waals surface area contributed by atoms with Gasteiger partial charge in [0, 0.05) is 29.2 Å². The number of fused-ring (bicyclic) bond motifs is 1. The summed E-state index contributed by atoms with van der Waals surface area (Å²) in [6.07, 6.45) is 4.85. The van der Waals surface area contributed by atoms with E-state index in [-0.39, 0.29) is 0 Å². The molecule has 1 unspecified atom stereocenters. The number of rotatable bonds is 6. The summed E-state index contributed by atoms with van der Waals surface area (Å²) in [5, 5.41) is 1.38. The standard InChI is InChI=1S/C27H28N2/c1-3-10-21(11-4-1)17-19-29-18-9-14-23(29)20-25-24-15-7-8-16-26(24)28-27(25)22-12-5-2-6-13-22/h1-8,10-13,15-16,23,28H,9,14,17-20H2. The molecule has 5 rings (SSSR count). The van der Waals surface area contributed by atoms with Gasteiger partial charge in [-0.25, -0.2) is 0 Å². The van der Waals surface area contributed by atoms with E-state index in [1.807, 2.05) is 0 Å². The quantitative estimate of drug-likeness (QED) is 0.429. The molecule has 0 amide bonds. The predicted molar refractivity (Wildman–Crippen MR) is 122 cm³/mol. The van der Waals surface area contributed by atoms with Crippen LogP contribution < -0.4 is 0 Å². The number of H-pyrrole nitrogens is 1. The van der Waals surface area contributed by atoms with E-state index >= 15 is 0 Å². The van der Waals surface area contributed by atoms with Gasteiger partial charge in [-0.1, -0.05) is 78.9 Å². The van der Waals surface area contributed by atoms with Crippen LogP contribution in [0.15, 0.2) is 84.9 Å². The topological polar surface area (TPSA) is 19.0 Å². The van der Waals surface area contributed by atoms with Crippen molar-refractivity contribution in [3.63, 3.8) is 0 Å². The average molecular weight is 381 g/mol. The lowest BCUT2D eigenvalue weighted by atomic mass is 9.97. The Morgan fingerprint density at radius 2 is 1.55 bits per heavy atom. The monoisotopic (exact) mass is 380 g/mol. The van der Waals surface area contributed by atoms with Gasteiger partial charge in [0.15, 0.2) is 0 Å². The van der Waals surface area contributed by atoms with E-state index < -0.39 is 0 Å². The van der Waals surface area contributed by atoms with Crippen molar-refractivity contribution in [3.8, 4) is 11.3 Å². The summed E-state index contributed by atoms with van der Waals surface area (Å²) >= 11 is 0. The second-order valence-corrected chi connectivity index (χ2v) is 8.16. The summed E-state index contributed by atoms with van der Waals surface area (Å²) in [7, 11) is 0. The Morgan fingerprint density at radius 1 is 0.828 bits per heavy atom. The molecule has 3 aromatic carbocycles. The lowest BCUT2D eigenvalue weighted by Crippen LogP contribution is -2.33. The molecular formula is C27H28N2. The van der Waals surface area contributed by atoms with Crippen LogP contribution in [0.25, 0.3) is 22.2 Å². The van der Waals surface area contributed by atoms with Gasteiger partial charge in [0.1, 0.15) is 0 Å². The number of likely N-dealkylation sites (tertiary alicyclic amines) is 1. The van der Waals surface area contributed by atoms with Gasteiger partial charge < -0.3 is 4.98 Å². The Hall–Kier alpha value is -2.84. The fraction of sp³-hybridized carbons (Fsp3) is 0.259. The summed E-state index contributed by atoms with van der Waals surface area (Å²) in [5.74, 6) is 0. The molecule has 1 aromatic heterocycles. The van der Waals surface area contributed by atoms with E-state index in [0.29, 0.717) is 6.04 Å². The van der Waals surface area contributed by atoms with Crippen molar-refractivity contribution < 1.29 is 0 Å². The van der Waals surface area contributed by atoms with Crippen LogP contribution in [0.4, 0.5) is 0 Å². The van der Waals surface area contributed by atoms with E-state index in [1.165, 1.54) is 52.7 Å². The third-order valence-corrected chi connectivity index (χ3v) is 6.35. The number of nitrogens with one attached hydrogen (secondary N) is 1. The average Bonchev–Trinajstić information content (AvgIpc) is 3.38. The van der Waals surface area contributed by atoms with Crippen LogP contribution >= 0.6 is 0 Å². The van der Waals surface area contributed by atoms with E-state index in [9.17, 15) is 0 Å². The number of para-hydroxylation sites is 1. The van der Waals surface area contributed by atoms with Gasteiger partial charge >= 0.3 is 0 Å². The highest BCUT2D eigenvalue weighted by Gasteiger charge is 2.26. The number of aromatic amines is 1. The Balaban J connectivity index is 1.42. The number of hydrogen-bond acceptors (Lipinski definition) is 1. The molecule has 0 bridgehead atoms. The molecule has 1 aliphatic heterocycles. The summed E-state index contributed by atoms with van der Waals surface area (Å²) in [6.45, 7) is 2.37. The van der Waals surface area contributed by atoms with Crippen molar-refractivity contribution in [2.75, 3.05) is 13.1 Å². The van der Waals surface area contributed by atoms with Crippen LogP contribution in [0.5, 0.6) is 0 Å². The van der Waals surface area contributed by atoms with Gasteiger partial charge in [0.2, 0.25) is 0 Å². The molecular weight excluding hydrogens is 352 g/mol. The van der Waals surface area contributed by atoms with E-state index in [2.05, 4.69) is 94.8 Å². The van der Waals surface area contributed by atoms with Gasteiger partial charge in [-0.15, -0.1) is 0 Å². The van der Waals surface area contributed by atoms with Crippen LogP contribution in [0.3, 0.4) is 0 Å². The fourth-order valence-corrected chi connectivity index (χ4v) is 4.84. The summed E-state index contributed by atoms with van der Waals surface area (Å²) in [5.41, 5.74) is 6.74. The highest BCUT2D eigenvalue weighted by Crippen LogP contribution is 2.33. The fourth-order valence-electron chi connectivity index (χ4n) is 4.84. The summed E-state index contributed by atoms with van der Waals surface area (Å²) in [4.78, 5) is 6.42. The summed E-state index contributed by atoms with van der Waals surface area (Å²) < 4.78 is 0. The molecule has 1 saturated heterocycles. The maximum atomic E-state index is 3.71.